The van der Waals surface area contributed by atoms with Gasteiger partial charge in [0.1, 0.15) is 11.6 Å². The van der Waals surface area contributed by atoms with Crippen molar-refractivity contribution in [2.75, 3.05) is 24.3 Å². The second-order valence-corrected chi connectivity index (χ2v) is 6.62. The number of ether oxygens (including phenoxy) is 1. The summed E-state index contributed by atoms with van der Waals surface area (Å²) in [5.41, 5.74) is 5.65. The van der Waals surface area contributed by atoms with E-state index in [4.69, 9.17) is 4.74 Å². The highest BCUT2D eigenvalue weighted by atomic mass is 16.5. The van der Waals surface area contributed by atoms with Gasteiger partial charge in [0, 0.05) is 24.0 Å². The highest BCUT2D eigenvalue weighted by Crippen LogP contribution is 2.22. The second kappa shape index (κ2) is 8.54. The van der Waals surface area contributed by atoms with Gasteiger partial charge >= 0.3 is 0 Å². The molecule has 2 aromatic carbocycles. The average molecular weight is 362 g/mol. The number of methoxy groups -OCH3 is 1. The molecule has 0 saturated heterocycles. The minimum atomic E-state index is 0.607. The first-order valence-corrected chi connectivity index (χ1v) is 9.11. The minimum absolute atomic E-state index is 0.607. The Morgan fingerprint density at radius 1 is 0.963 bits per heavy atom. The first-order valence-electron chi connectivity index (χ1n) is 9.11. The third kappa shape index (κ3) is 4.97. The van der Waals surface area contributed by atoms with Gasteiger partial charge in [0.15, 0.2) is 0 Å². The van der Waals surface area contributed by atoms with E-state index in [0.29, 0.717) is 5.95 Å². The maximum atomic E-state index is 5.19. The molecule has 0 spiro atoms. The second-order valence-electron chi connectivity index (χ2n) is 6.62. The molecule has 140 valence electrons. The van der Waals surface area contributed by atoms with E-state index in [1.54, 1.807) is 7.11 Å². The summed E-state index contributed by atoms with van der Waals surface area (Å²) in [5, 5.41) is 6.73. The molecule has 0 aliphatic carbocycles. The van der Waals surface area contributed by atoms with E-state index in [9.17, 15) is 0 Å². The smallest absolute Gasteiger partial charge is 0.229 e. The molecule has 1 heterocycles. The number of rotatable bonds is 7. The summed E-state index contributed by atoms with van der Waals surface area (Å²) >= 11 is 0. The van der Waals surface area contributed by atoms with Crippen LogP contribution in [0.2, 0.25) is 0 Å². The Bertz CT molecular complexity index is 907. The lowest BCUT2D eigenvalue weighted by atomic mass is 10.1. The number of aromatic nitrogens is 2. The maximum Gasteiger partial charge on any atom is 0.229 e. The van der Waals surface area contributed by atoms with Crippen LogP contribution in [-0.2, 0) is 6.42 Å². The molecular weight excluding hydrogens is 336 g/mol. The zero-order valence-corrected chi connectivity index (χ0v) is 16.3. The van der Waals surface area contributed by atoms with Crippen molar-refractivity contribution < 1.29 is 4.74 Å². The van der Waals surface area contributed by atoms with E-state index in [1.807, 2.05) is 37.3 Å². The SMILES string of the molecule is COc1ccc(CCNc2cc(C)nc(Nc3cccc(C)c3C)n2)cc1. The molecule has 0 fully saturated rings. The van der Waals surface area contributed by atoms with Crippen molar-refractivity contribution in [2.24, 2.45) is 0 Å². The number of nitrogens with one attached hydrogen (secondary N) is 2. The molecule has 3 aromatic rings. The summed E-state index contributed by atoms with van der Waals surface area (Å²) in [6.45, 7) is 6.97. The van der Waals surface area contributed by atoms with Crippen LogP contribution in [0.4, 0.5) is 17.5 Å². The summed E-state index contributed by atoms with van der Waals surface area (Å²) in [4.78, 5) is 9.11. The van der Waals surface area contributed by atoms with Crippen LogP contribution < -0.4 is 15.4 Å². The zero-order valence-electron chi connectivity index (χ0n) is 16.3. The molecule has 2 N–H and O–H groups in total. The highest BCUT2D eigenvalue weighted by Gasteiger charge is 2.06. The standard InChI is InChI=1S/C22H26N4O/c1-15-6-5-7-20(17(15)3)25-22-24-16(2)14-21(26-22)23-13-12-18-8-10-19(27-4)11-9-18/h5-11,14H,12-13H2,1-4H3,(H2,23,24,25,26). The Hall–Kier alpha value is -3.08. The van der Waals surface area contributed by atoms with Crippen molar-refractivity contribution in [1.82, 2.24) is 9.97 Å². The Kier molecular flexibility index (Phi) is 5.91. The number of hydrogen-bond donors (Lipinski definition) is 2. The van der Waals surface area contributed by atoms with Crippen LogP contribution in [0.5, 0.6) is 5.75 Å². The highest BCUT2D eigenvalue weighted by molar-refractivity contribution is 5.61. The number of anilines is 3. The van der Waals surface area contributed by atoms with Crippen LogP contribution in [-0.4, -0.2) is 23.6 Å². The number of benzene rings is 2. The summed E-state index contributed by atoms with van der Waals surface area (Å²) in [5.74, 6) is 2.31. The van der Waals surface area contributed by atoms with Gasteiger partial charge in [-0.05, 0) is 62.1 Å². The van der Waals surface area contributed by atoms with Crippen molar-refractivity contribution in [1.29, 1.82) is 0 Å². The zero-order chi connectivity index (χ0) is 19.2. The van der Waals surface area contributed by atoms with Crippen LogP contribution in [0.1, 0.15) is 22.4 Å². The van der Waals surface area contributed by atoms with Crippen LogP contribution >= 0.6 is 0 Å². The molecule has 0 amide bonds. The van der Waals surface area contributed by atoms with Gasteiger partial charge in [-0.3, -0.25) is 0 Å². The number of hydrogen-bond acceptors (Lipinski definition) is 5. The van der Waals surface area contributed by atoms with Crippen LogP contribution in [0.25, 0.3) is 0 Å². The molecule has 0 bridgehead atoms. The Labute approximate surface area is 160 Å². The normalized spacial score (nSPS) is 10.5. The molecule has 0 radical (unpaired) electrons. The lowest BCUT2D eigenvalue weighted by Gasteiger charge is -2.12. The van der Waals surface area contributed by atoms with Gasteiger partial charge in [-0.25, -0.2) is 4.98 Å². The lowest BCUT2D eigenvalue weighted by Crippen LogP contribution is -2.09. The molecule has 0 aliphatic rings. The van der Waals surface area contributed by atoms with Gasteiger partial charge < -0.3 is 15.4 Å². The lowest BCUT2D eigenvalue weighted by molar-refractivity contribution is 0.414. The minimum Gasteiger partial charge on any atom is -0.497 e. The molecular formula is C22H26N4O. The molecule has 1 aromatic heterocycles. The van der Waals surface area contributed by atoms with Crippen molar-refractivity contribution in [3.05, 3.63) is 70.9 Å². The molecule has 27 heavy (non-hydrogen) atoms. The summed E-state index contributed by atoms with van der Waals surface area (Å²) in [6, 6.07) is 16.3. The van der Waals surface area contributed by atoms with E-state index < -0.39 is 0 Å². The predicted molar refractivity (Wildman–Crippen MR) is 111 cm³/mol. The molecule has 0 unspecified atom stereocenters. The Morgan fingerprint density at radius 2 is 1.74 bits per heavy atom. The average Bonchev–Trinajstić information content (AvgIpc) is 2.66. The van der Waals surface area contributed by atoms with Crippen LogP contribution in [0.15, 0.2) is 48.5 Å². The third-order valence-electron chi connectivity index (χ3n) is 4.58. The van der Waals surface area contributed by atoms with Crippen molar-refractivity contribution in [3.8, 4) is 5.75 Å². The monoisotopic (exact) mass is 362 g/mol. The number of nitrogens with zero attached hydrogens (tertiary/aromatic N) is 2. The quantitative estimate of drug-likeness (QED) is 0.632. The van der Waals surface area contributed by atoms with Gasteiger partial charge in [-0.2, -0.15) is 4.98 Å². The van der Waals surface area contributed by atoms with Crippen molar-refractivity contribution in [3.63, 3.8) is 0 Å². The fraction of sp³-hybridized carbons (Fsp3) is 0.273. The Balaban J connectivity index is 1.65. The van der Waals surface area contributed by atoms with Gasteiger partial charge in [0.25, 0.3) is 0 Å². The van der Waals surface area contributed by atoms with Crippen LogP contribution in [0.3, 0.4) is 0 Å². The molecule has 0 saturated carbocycles. The van der Waals surface area contributed by atoms with Gasteiger partial charge in [0.2, 0.25) is 5.95 Å². The molecule has 0 atom stereocenters. The topological polar surface area (TPSA) is 59.1 Å². The summed E-state index contributed by atoms with van der Waals surface area (Å²) < 4.78 is 5.19. The van der Waals surface area contributed by atoms with E-state index in [1.165, 1.54) is 16.7 Å². The fourth-order valence-electron chi connectivity index (χ4n) is 2.85. The van der Waals surface area contributed by atoms with Gasteiger partial charge in [-0.15, -0.1) is 0 Å². The van der Waals surface area contributed by atoms with E-state index in [2.05, 4.69) is 52.6 Å². The van der Waals surface area contributed by atoms with Crippen LogP contribution in [0, 0.1) is 20.8 Å². The predicted octanol–water partition coefficient (Wildman–Crippen LogP) is 4.81. The van der Waals surface area contributed by atoms with Gasteiger partial charge in [0.05, 0.1) is 7.11 Å². The van der Waals surface area contributed by atoms with E-state index in [-0.39, 0.29) is 0 Å². The first kappa shape index (κ1) is 18.7. The maximum absolute atomic E-state index is 5.19. The molecule has 3 rings (SSSR count). The third-order valence-corrected chi connectivity index (χ3v) is 4.58. The summed E-state index contributed by atoms with van der Waals surface area (Å²) in [6.07, 6.45) is 0.910. The van der Waals surface area contributed by atoms with Gasteiger partial charge in [-0.1, -0.05) is 24.3 Å². The Morgan fingerprint density at radius 3 is 2.48 bits per heavy atom. The summed E-state index contributed by atoms with van der Waals surface area (Å²) in [7, 11) is 1.68. The molecule has 5 heteroatoms. The first-order chi connectivity index (χ1) is 13.0. The van der Waals surface area contributed by atoms with Crippen molar-refractivity contribution in [2.45, 2.75) is 27.2 Å². The molecule has 5 nitrogen and oxygen atoms in total. The van der Waals surface area contributed by atoms with Crippen molar-refractivity contribution >= 4 is 17.5 Å². The van der Waals surface area contributed by atoms with E-state index >= 15 is 0 Å². The number of aryl methyl sites for hydroxylation is 2. The largest absolute Gasteiger partial charge is 0.497 e. The molecule has 0 aliphatic heterocycles. The van der Waals surface area contributed by atoms with E-state index in [0.717, 1.165) is 35.9 Å². The fourth-order valence-corrected chi connectivity index (χ4v) is 2.85.